The second-order valence-electron chi connectivity index (χ2n) is 6.95. The lowest BCUT2D eigenvalue weighted by atomic mass is 9.92. The zero-order valence-corrected chi connectivity index (χ0v) is 17.9. The van der Waals surface area contributed by atoms with Crippen molar-refractivity contribution >= 4 is 21.4 Å². The minimum absolute atomic E-state index is 0.0433. The minimum Gasteiger partial charge on any atom is -0.494 e. The Morgan fingerprint density at radius 3 is 2.30 bits per heavy atom. The maximum Gasteiger partial charge on any atom is 0.353 e. The highest BCUT2D eigenvalue weighted by molar-refractivity contribution is 7.90. The van der Waals surface area contributed by atoms with E-state index < -0.39 is 27.7 Å². The number of carboxylic acids is 1. The molecule has 0 amide bonds. The van der Waals surface area contributed by atoms with Crippen molar-refractivity contribution in [1.82, 2.24) is 10.0 Å². The van der Waals surface area contributed by atoms with Gasteiger partial charge in [0.15, 0.2) is 21.4 Å². The summed E-state index contributed by atoms with van der Waals surface area (Å²) in [4.78, 5) is 12.3. The van der Waals surface area contributed by atoms with E-state index in [1.54, 1.807) is 35.3 Å². The summed E-state index contributed by atoms with van der Waals surface area (Å²) in [5.74, 6) is -1.68. The van der Waals surface area contributed by atoms with Gasteiger partial charge in [0.1, 0.15) is 5.70 Å². The number of aliphatic carboxylic acids is 1. The van der Waals surface area contributed by atoms with Crippen LogP contribution in [0.2, 0.25) is 0 Å². The Morgan fingerprint density at radius 2 is 1.83 bits per heavy atom. The second kappa shape index (κ2) is 8.08. The lowest BCUT2D eigenvalue weighted by Crippen LogP contribution is -2.37. The van der Waals surface area contributed by atoms with Gasteiger partial charge in [-0.25, -0.2) is 22.6 Å². The molecule has 1 aliphatic heterocycles. The summed E-state index contributed by atoms with van der Waals surface area (Å²) >= 11 is 0. The number of methoxy groups -OCH3 is 1. The van der Waals surface area contributed by atoms with E-state index in [1.165, 1.54) is 31.4 Å². The molecule has 1 unspecified atom stereocenters. The molecule has 0 aliphatic carbocycles. The molecule has 1 N–H and O–H groups in total. The van der Waals surface area contributed by atoms with Gasteiger partial charge in [0.25, 0.3) is 0 Å². The van der Waals surface area contributed by atoms with Gasteiger partial charge in [-0.3, -0.25) is 5.01 Å². The lowest BCUT2D eigenvalue weighted by Gasteiger charge is -2.31. The number of benzene rings is 2. The van der Waals surface area contributed by atoms with Crippen LogP contribution in [0.1, 0.15) is 24.1 Å². The molecule has 2 aromatic carbocycles. The first kappa shape index (κ1) is 21.8. The Morgan fingerprint density at radius 1 is 1.20 bits per heavy atom. The zero-order valence-electron chi connectivity index (χ0n) is 17.1. The number of ether oxygens (including phenoxy) is 1. The molecule has 0 saturated heterocycles. The topological polar surface area (TPSA) is 87.1 Å². The van der Waals surface area contributed by atoms with Crippen LogP contribution in [0, 0.1) is 5.82 Å². The summed E-state index contributed by atoms with van der Waals surface area (Å²) in [5.41, 5.74) is 1.55. The van der Waals surface area contributed by atoms with Gasteiger partial charge in [0, 0.05) is 25.4 Å². The lowest BCUT2D eigenvalue weighted by molar-refractivity contribution is -0.136. The molecular formula is C21H23FN2O5S. The standard InChI is InChI=1S/C21H23FN2O5S/c1-5-24-20(21(25)26)18(14-8-11-17(29-3)16(22)12-14)19(23(24)2)13-6-9-15(10-7-13)30(4,27)28/h6-12,19H,5H2,1-4H3,(H,25,26). The normalized spacial score (nSPS) is 17.5. The van der Waals surface area contributed by atoms with Crippen molar-refractivity contribution in [2.45, 2.75) is 17.9 Å². The average Bonchev–Trinajstić information content (AvgIpc) is 2.99. The number of hydrogen-bond acceptors (Lipinski definition) is 6. The van der Waals surface area contributed by atoms with Crippen LogP contribution in [-0.4, -0.2) is 56.5 Å². The van der Waals surface area contributed by atoms with E-state index in [2.05, 4.69) is 0 Å². The number of rotatable bonds is 6. The molecule has 1 atom stereocenters. The van der Waals surface area contributed by atoms with Gasteiger partial charge < -0.3 is 9.84 Å². The highest BCUT2D eigenvalue weighted by atomic mass is 32.2. The fraction of sp³-hybridized carbons (Fsp3) is 0.286. The molecule has 9 heteroatoms. The van der Waals surface area contributed by atoms with E-state index >= 15 is 0 Å². The first-order chi connectivity index (χ1) is 14.1. The summed E-state index contributed by atoms with van der Waals surface area (Å²) in [6.07, 6.45) is 1.12. The smallest absolute Gasteiger partial charge is 0.353 e. The van der Waals surface area contributed by atoms with Crippen molar-refractivity contribution < 1.29 is 27.4 Å². The molecule has 30 heavy (non-hydrogen) atoms. The van der Waals surface area contributed by atoms with Crippen LogP contribution in [0.4, 0.5) is 4.39 Å². The number of hydrogen-bond donors (Lipinski definition) is 1. The number of halogens is 1. The molecule has 0 radical (unpaired) electrons. The van der Waals surface area contributed by atoms with Crippen LogP contribution in [0.3, 0.4) is 0 Å². The van der Waals surface area contributed by atoms with Gasteiger partial charge in [-0.1, -0.05) is 18.2 Å². The summed E-state index contributed by atoms with van der Waals surface area (Å²) in [6, 6.07) is 10.0. The van der Waals surface area contributed by atoms with Crippen LogP contribution in [0.25, 0.3) is 5.57 Å². The molecule has 0 saturated carbocycles. The molecule has 1 aliphatic rings. The molecule has 0 aromatic heterocycles. The van der Waals surface area contributed by atoms with E-state index in [4.69, 9.17) is 4.74 Å². The Balaban J connectivity index is 2.22. The predicted molar refractivity (Wildman–Crippen MR) is 110 cm³/mol. The van der Waals surface area contributed by atoms with E-state index in [-0.39, 0.29) is 16.3 Å². The third-order valence-electron chi connectivity index (χ3n) is 5.13. The molecule has 0 fully saturated rings. The van der Waals surface area contributed by atoms with Crippen molar-refractivity contribution in [2.75, 3.05) is 27.0 Å². The van der Waals surface area contributed by atoms with Crippen LogP contribution in [0.15, 0.2) is 53.1 Å². The van der Waals surface area contributed by atoms with Gasteiger partial charge in [-0.15, -0.1) is 0 Å². The quantitative estimate of drug-likeness (QED) is 0.748. The van der Waals surface area contributed by atoms with E-state index in [0.29, 0.717) is 23.2 Å². The monoisotopic (exact) mass is 434 g/mol. The van der Waals surface area contributed by atoms with Crippen LogP contribution >= 0.6 is 0 Å². The van der Waals surface area contributed by atoms with Crippen LogP contribution in [0.5, 0.6) is 5.75 Å². The van der Waals surface area contributed by atoms with Crippen molar-refractivity contribution in [3.63, 3.8) is 0 Å². The zero-order chi connectivity index (χ0) is 22.2. The first-order valence-corrected chi connectivity index (χ1v) is 11.1. The largest absolute Gasteiger partial charge is 0.494 e. The van der Waals surface area contributed by atoms with E-state index in [9.17, 15) is 22.7 Å². The number of sulfone groups is 1. The van der Waals surface area contributed by atoms with Gasteiger partial charge in [0.05, 0.1) is 18.0 Å². The minimum atomic E-state index is -3.37. The number of nitrogens with zero attached hydrogens (tertiary/aromatic N) is 2. The number of carbonyl (C=O) groups is 1. The summed E-state index contributed by atoms with van der Waals surface area (Å²) < 4.78 is 43.0. The Labute approximate surface area is 174 Å². The maximum absolute atomic E-state index is 14.4. The third kappa shape index (κ3) is 3.78. The number of hydrazine groups is 1. The van der Waals surface area contributed by atoms with Gasteiger partial charge in [-0.05, 0) is 42.3 Å². The average molecular weight is 434 g/mol. The van der Waals surface area contributed by atoms with Gasteiger partial charge in [0.2, 0.25) is 0 Å². The summed E-state index contributed by atoms with van der Waals surface area (Å²) in [7, 11) is -0.269. The van der Waals surface area contributed by atoms with Crippen LogP contribution in [-0.2, 0) is 14.6 Å². The second-order valence-corrected chi connectivity index (χ2v) is 8.97. The summed E-state index contributed by atoms with van der Waals surface area (Å²) in [6.45, 7) is 2.21. The molecule has 2 aromatic rings. The first-order valence-electron chi connectivity index (χ1n) is 9.21. The van der Waals surface area contributed by atoms with Crippen molar-refractivity contribution in [3.05, 3.63) is 65.1 Å². The number of carboxylic acid groups (broad SMARTS) is 1. The van der Waals surface area contributed by atoms with Crippen molar-refractivity contribution in [1.29, 1.82) is 0 Å². The summed E-state index contributed by atoms with van der Waals surface area (Å²) in [5, 5.41) is 13.3. The molecule has 160 valence electrons. The van der Waals surface area contributed by atoms with Crippen LogP contribution < -0.4 is 4.74 Å². The Kier molecular flexibility index (Phi) is 5.87. The van der Waals surface area contributed by atoms with Gasteiger partial charge >= 0.3 is 5.97 Å². The fourth-order valence-corrected chi connectivity index (χ4v) is 4.40. The maximum atomic E-state index is 14.4. The van der Waals surface area contributed by atoms with Crippen molar-refractivity contribution in [3.8, 4) is 5.75 Å². The SMILES string of the molecule is CCN1C(C(=O)O)=C(c2ccc(OC)c(F)c2)C(c2ccc(S(C)(=O)=O)cc2)N1C. The van der Waals surface area contributed by atoms with Crippen molar-refractivity contribution in [2.24, 2.45) is 0 Å². The molecular weight excluding hydrogens is 411 g/mol. The molecule has 0 bridgehead atoms. The van der Waals surface area contributed by atoms with E-state index in [1.807, 2.05) is 6.92 Å². The Hall–Kier alpha value is -2.91. The molecule has 1 heterocycles. The molecule has 0 spiro atoms. The number of likely N-dealkylation sites (N-methyl/N-ethyl adjacent to an activating group) is 2. The predicted octanol–water partition coefficient (Wildman–Crippen LogP) is 2.96. The highest BCUT2D eigenvalue weighted by Gasteiger charge is 2.40. The fourth-order valence-electron chi connectivity index (χ4n) is 3.77. The third-order valence-corrected chi connectivity index (χ3v) is 6.26. The highest BCUT2D eigenvalue weighted by Crippen LogP contribution is 2.45. The van der Waals surface area contributed by atoms with E-state index in [0.717, 1.165) is 6.26 Å². The molecule has 7 nitrogen and oxygen atoms in total. The molecule has 3 rings (SSSR count). The Bertz CT molecular complexity index is 1110. The van der Waals surface area contributed by atoms with Gasteiger partial charge in [-0.2, -0.15) is 0 Å².